The van der Waals surface area contributed by atoms with Crippen LogP contribution in [0.4, 0.5) is 0 Å². The molecule has 2 aromatic rings. The van der Waals surface area contributed by atoms with Crippen LogP contribution in [0, 0.1) is 0 Å². The first-order chi connectivity index (χ1) is 7.63. The fourth-order valence-electron chi connectivity index (χ4n) is 1.48. The topological polar surface area (TPSA) is 0 Å². The van der Waals surface area contributed by atoms with Crippen LogP contribution >= 0.6 is 15.8 Å². The van der Waals surface area contributed by atoms with Crippen LogP contribution in [0.15, 0.2) is 48.5 Å². The van der Waals surface area contributed by atoms with Gasteiger partial charge in [-0.2, -0.15) is 6.07 Å². The van der Waals surface area contributed by atoms with Gasteiger partial charge in [-0.1, -0.05) is 13.3 Å². The smallest absolute Gasteiger partial charge is 0 e. The Morgan fingerprint density at radius 1 is 0.941 bits per heavy atom. The van der Waals surface area contributed by atoms with Crippen molar-refractivity contribution in [2.45, 2.75) is 0 Å². The van der Waals surface area contributed by atoms with Gasteiger partial charge >= 0.3 is 0 Å². The third kappa shape index (κ3) is 5.99. The van der Waals surface area contributed by atoms with Crippen molar-refractivity contribution >= 4 is 26.5 Å². The van der Waals surface area contributed by atoms with Crippen molar-refractivity contribution in [2.75, 3.05) is 26.7 Å². The van der Waals surface area contributed by atoms with Gasteiger partial charge in [-0.25, -0.2) is 12.1 Å². The number of hydrogen-bond acceptors (Lipinski definition) is 0. The SMILES string of the molecule is CP(C)c1ccc[c-]1P(C)C.[Cr].[cH-]1[cH-][cH-][cH-][cH-]1. The molecular weight excluding hydrogens is 282 g/mol. The zero-order chi connectivity index (χ0) is 12.0. The van der Waals surface area contributed by atoms with Crippen LogP contribution in [0.3, 0.4) is 0 Å². The zero-order valence-corrected chi connectivity index (χ0v) is 14.0. The fourth-order valence-corrected chi connectivity index (χ4v) is 4.51. The average molecular weight is 302 g/mol. The van der Waals surface area contributed by atoms with Crippen LogP contribution in [0.2, 0.25) is 0 Å². The van der Waals surface area contributed by atoms with Crippen LogP contribution in [0.25, 0.3) is 0 Å². The molecule has 0 heterocycles. The van der Waals surface area contributed by atoms with E-state index in [1.807, 2.05) is 30.3 Å². The van der Waals surface area contributed by atoms with Crippen molar-refractivity contribution in [2.24, 2.45) is 0 Å². The summed E-state index contributed by atoms with van der Waals surface area (Å²) >= 11 is 0. The molecule has 0 fully saturated rings. The molecule has 2 aromatic carbocycles. The van der Waals surface area contributed by atoms with E-state index in [1.165, 1.54) is 0 Å². The second kappa shape index (κ2) is 9.08. The second-order valence-electron chi connectivity index (χ2n) is 4.05. The monoisotopic (exact) mass is 302 g/mol. The Kier molecular flexibility index (Phi) is 9.13. The van der Waals surface area contributed by atoms with Crippen LogP contribution in [-0.4, -0.2) is 26.7 Å². The van der Waals surface area contributed by atoms with Gasteiger partial charge in [-0.05, 0) is 13.3 Å². The van der Waals surface area contributed by atoms with Crippen molar-refractivity contribution in [1.82, 2.24) is 0 Å². The Morgan fingerprint density at radius 2 is 1.41 bits per heavy atom. The minimum atomic E-state index is 0. The summed E-state index contributed by atoms with van der Waals surface area (Å²) in [6.45, 7) is 9.31. The standard InChI is InChI=1S/C9H15P2.C5H5.Cr/c1-10(2)8-6-5-7-9(8)11(3)4;1-2-4-5-3-1;/h5-7H,1-4H3;1-5H;/q-1;-5;. The molecule has 17 heavy (non-hydrogen) atoms. The van der Waals surface area contributed by atoms with Crippen molar-refractivity contribution in [3.8, 4) is 0 Å². The summed E-state index contributed by atoms with van der Waals surface area (Å²) in [6, 6.07) is 16.8. The summed E-state index contributed by atoms with van der Waals surface area (Å²) in [5.41, 5.74) is 0. The molecule has 0 amide bonds. The quantitative estimate of drug-likeness (QED) is 0.588. The third-order valence-corrected chi connectivity index (χ3v) is 5.17. The van der Waals surface area contributed by atoms with Gasteiger partial charge in [-0.15, -0.1) is 26.5 Å². The van der Waals surface area contributed by atoms with E-state index in [0.29, 0.717) is 0 Å². The molecule has 0 saturated heterocycles. The molecule has 0 unspecified atom stereocenters. The van der Waals surface area contributed by atoms with Crippen molar-refractivity contribution < 1.29 is 17.4 Å². The largest absolute Gasteiger partial charge is 0.748 e. The van der Waals surface area contributed by atoms with Crippen LogP contribution in [0.1, 0.15) is 0 Å². The molecule has 0 spiro atoms. The Bertz CT molecular complexity index is 335. The Balaban J connectivity index is 0.000000360. The van der Waals surface area contributed by atoms with E-state index in [4.69, 9.17) is 0 Å². The van der Waals surface area contributed by atoms with Crippen LogP contribution < -0.4 is 10.6 Å². The van der Waals surface area contributed by atoms with E-state index in [2.05, 4.69) is 44.9 Å². The van der Waals surface area contributed by atoms with E-state index in [-0.39, 0.29) is 33.2 Å². The molecule has 0 atom stereocenters. The van der Waals surface area contributed by atoms with Gasteiger partial charge in [0.05, 0.1) is 0 Å². The van der Waals surface area contributed by atoms with E-state index in [1.54, 1.807) is 10.6 Å². The normalized spacial score (nSPS) is 9.76. The Labute approximate surface area is 119 Å². The summed E-state index contributed by atoms with van der Waals surface area (Å²) in [6.07, 6.45) is 0. The first kappa shape index (κ1) is 17.1. The summed E-state index contributed by atoms with van der Waals surface area (Å²) in [5, 5.41) is 3.22. The maximum absolute atomic E-state index is 2.33. The third-order valence-electron chi connectivity index (χ3n) is 2.29. The van der Waals surface area contributed by atoms with Crippen molar-refractivity contribution in [3.63, 3.8) is 0 Å². The molecule has 0 aliphatic heterocycles. The molecule has 0 aliphatic rings. The molecule has 0 radical (unpaired) electrons. The van der Waals surface area contributed by atoms with Crippen LogP contribution in [-0.2, 0) is 17.4 Å². The van der Waals surface area contributed by atoms with E-state index in [0.717, 1.165) is 0 Å². The predicted octanol–water partition coefficient (Wildman–Crippen LogP) is 3.54. The maximum Gasteiger partial charge on any atom is 0 e. The zero-order valence-electron chi connectivity index (χ0n) is 10.9. The van der Waals surface area contributed by atoms with Crippen molar-refractivity contribution in [3.05, 3.63) is 48.5 Å². The van der Waals surface area contributed by atoms with Crippen molar-refractivity contribution in [1.29, 1.82) is 0 Å². The molecule has 0 aromatic heterocycles. The molecule has 0 saturated carbocycles. The van der Waals surface area contributed by atoms with Gasteiger partial charge in [0.1, 0.15) is 0 Å². The van der Waals surface area contributed by atoms with E-state index < -0.39 is 0 Å². The minimum Gasteiger partial charge on any atom is -0.748 e. The summed E-state index contributed by atoms with van der Waals surface area (Å²) in [4.78, 5) is 0. The molecule has 0 bridgehead atoms. The van der Waals surface area contributed by atoms with E-state index in [9.17, 15) is 0 Å². The summed E-state index contributed by atoms with van der Waals surface area (Å²) < 4.78 is 0. The van der Waals surface area contributed by atoms with Gasteiger partial charge in [0, 0.05) is 17.4 Å². The maximum atomic E-state index is 2.33. The Hall–Kier alpha value is 0.0925. The Morgan fingerprint density at radius 3 is 1.71 bits per heavy atom. The molecule has 0 aliphatic carbocycles. The molecule has 98 valence electrons. The summed E-state index contributed by atoms with van der Waals surface area (Å²) in [7, 11) is 0.209. The van der Waals surface area contributed by atoms with E-state index >= 15 is 0 Å². The minimum absolute atomic E-state index is 0. The van der Waals surface area contributed by atoms with Gasteiger partial charge < -0.3 is 30.3 Å². The summed E-state index contributed by atoms with van der Waals surface area (Å²) in [5.74, 6) is 0. The number of hydrogen-bond donors (Lipinski definition) is 0. The first-order valence-corrected chi connectivity index (χ1v) is 9.87. The second-order valence-corrected chi connectivity index (χ2v) is 8.59. The molecule has 0 nitrogen and oxygen atoms in total. The predicted molar refractivity (Wildman–Crippen MR) is 80.9 cm³/mol. The molecule has 3 heteroatoms. The molecular formula is C14H20CrP2-6. The average Bonchev–Trinajstić information content (AvgIpc) is 2.92. The fraction of sp³-hybridized carbons (Fsp3) is 0.286. The van der Waals surface area contributed by atoms with Gasteiger partial charge in [-0.3, -0.25) is 0 Å². The number of rotatable bonds is 2. The molecule has 2 rings (SSSR count). The van der Waals surface area contributed by atoms with Crippen LogP contribution in [0.5, 0.6) is 0 Å². The first-order valence-electron chi connectivity index (χ1n) is 5.40. The van der Waals surface area contributed by atoms with Gasteiger partial charge in [0.2, 0.25) is 0 Å². The van der Waals surface area contributed by atoms with Gasteiger partial charge in [0.25, 0.3) is 0 Å². The molecule has 0 N–H and O–H groups in total. The van der Waals surface area contributed by atoms with Gasteiger partial charge in [0.15, 0.2) is 0 Å².